The fourth-order valence-electron chi connectivity index (χ4n) is 3.85. The van der Waals surface area contributed by atoms with Gasteiger partial charge in [-0.15, -0.1) is 0 Å². The van der Waals surface area contributed by atoms with Crippen molar-refractivity contribution in [2.75, 3.05) is 16.8 Å². The molecule has 0 aliphatic carbocycles. The molecule has 2 amide bonds. The lowest BCUT2D eigenvalue weighted by molar-refractivity contribution is -0.118. The standard InChI is InChI=1S/C25H24FN3O4S/c26-21-12-4-5-13-23(21)34(32,33)28-22(16-18-8-2-1-3-9-18)25(31)27-19-10-6-11-20(17-19)29-15-7-14-24(29)30/h1-6,8-13,17,22,28H,7,14-16H2,(H,27,31)/t22-/m0/s1. The molecular weight excluding hydrogens is 457 g/mol. The van der Waals surface area contributed by atoms with Crippen molar-refractivity contribution in [3.8, 4) is 0 Å². The van der Waals surface area contributed by atoms with Gasteiger partial charge in [0.2, 0.25) is 21.8 Å². The highest BCUT2D eigenvalue weighted by molar-refractivity contribution is 7.89. The molecule has 176 valence electrons. The molecule has 1 atom stereocenters. The quantitative estimate of drug-likeness (QED) is 0.515. The van der Waals surface area contributed by atoms with Gasteiger partial charge in [0.25, 0.3) is 0 Å². The molecule has 0 spiro atoms. The molecule has 9 heteroatoms. The van der Waals surface area contributed by atoms with E-state index in [9.17, 15) is 22.4 Å². The first kappa shape index (κ1) is 23.6. The van der Waals surface area contributed by atoms with E-state index in [0.717, 1.165) is 24.1 Å². The minimum Gasteiger partial charge on any atom is -0.325 e. The molecule has 3 aromatic rings. The molecule has 1 heterocycles. The zero-order valence-corrected chi connectivity index (χ0v) is 19.1. The molecule has 4 rings (SSSR count). The Morgan fingerprint density at radius 2 is 1.74 bits per heavy atom. The molecular formula is C25H24FN3O4S. The van der Waals surface area contributed by atoms with Crippen molar-refractivity contribution in [1.29, 1.82) is 0 Å². The average Bonchev–Trinajstić information content (AvgIpc) is 3.25. The summed E-state index contributed by atoms with van der Waals surface area (Å²) in [6, 6.07) is 19.5. The Balaban J connectivity index is 1.58. The number of anilines is 2. The van der Waals surface area contributed by atoms with Crippen LogP contribution < -0.4 is 14.9 Å². The largest absolute Gasteiger partial charge is 0.325 e. The second-order valence-corrected chi connectivity index (χ2v) is 9.66. The highest BCUT2D eigenvalue weighted by Crippen LogP contribution is 2.24. The van der Waals surface area contributed by atoms with Crippen molar-refractivity contribution < 1.29 is 22.4 Å². The topological polar surface area (TPSA) is 95.6 Å². The van der Waals surface area contributed by atoms with Crippen LogP contribution in [0.3, 0.4) is 0 Å². The maximum absolute atomic E-state index is 14.2. The number of carbonyl (C=O) groups is 2. The number of nitrogens with one attached hydrogen (secondary N) is 2. The number of halogens is 1. The molecule has 3 aromatic carbocycles. The monoisotopic (exact) mass is 481 g/mol. The summed E-state index contributed by atoms with van der Waals surface area (Å²) in [6.45, 7) is 0.606. The third kappa shape index (κ3) is 5.49. The maximum atomic E-state index is 14.2. The molecule has 0 unspecified atom stereocenters. The van der Waals surface area contributed by atoms with Crippen molar-refractivity contribution in [3.63, 3.8) is 0 Å². The van der Waals surface area contributed by atoms with Gasteiger partial charge >= 0.3 is 0 Å². The molecule has 0 radical (unpaired) electrons. The van der Waals surface area contributed by atoms with Crippen LogP contribution in [0, 0.1) is 5.82 Å². The Hall–Kier alpha value is -3.56. The van der Waals surface area contributed by atoms with E-state index in [4.69, 9.17) is 0 Å². The molecule has 1 aliphatic heterocycles. The van der Waals surface area contributed by atoms with E-state index in [0.29, 0.717) is 24.3 Å². The Morgan fingerprint density at radius 1 is 1.00 bits per heavy atom. The number of hydrogen-bond acceptors (Lipinski definition) is 4. The highest BCUT2D eigenvalue weighted by Gasteiger charge is 2.28. The van der Waals surface area contributed by atoms with Crippen LogP contribution in [0.15, 0.2) is 83.8 Å². The van der Waals surface area contributed by atoms with Crippen LogP contribution >= 0.6 is 0 Å². The summed E-state index contributed by atoms with van der Waals surface area (Å²) < 4.78 is 42.3. The van der Waals surface area contributed by atoms with Gasteiger partial charge in [0.05, 0.1) is 0 Å². The molecule has 34 heavy (non-hydrogen) atoms. The summed E-state index contributed by atoms with van der Waals surface area (Å²) in [5, 5.41) is 2.73. The lowest BCUT2D eigenvalue weighted by atomic mass is 10.1. The van der Waals surface area contributed by atoms with Crippen molar-refractivity contribution in [2.45, 2.75) is 30.2 Å². The number of amides is 2. The van der Waals surface area contributed by atoms with Gasteiger partial charge in [0, 0.05) is 24.3 Å². The van der Waals surface area contributed by atoms with Gasteiger partial charge in [0.15, 0.2) is 0 Å². The molecule has 1 saturated heterocycles. The van der Waals surface area contributed by atoms with Gasteiger partial charge < -0.3 is 10.2 Å². The number of sulfonamides is 1. The summed E-state index contributed by atoms with van der Waals surface area (Å²) in [5.74, 6) is -1.49. The predicted octanol–water partition coefficient (Wildman–Crippen LogP) is 3.48. The number of rotatable bonds is 8. The van der Waals surface area contributed by atoms with Crippen LogP contribution in [-0.2, 0) is 26.0 Å². The predicted molar refractivity (Wildman–Crippen MR) is 127 cm³/mol. The van der Waals surface area contributed by atoms with Crippen LogP contribution in [0.25, 0.3) is 0 Å². The first-order valence-electron chi connectivity index (χ1n) is 10.9. The second kappa shape index (κ2) is 10.1. The van der Waals surface area contributed by atoms with E-state index < -0.39 is 32.7 Å². The fraction of sp³-hybridized carbons (Fsp3) is 0.200. The van der Waals surface area contributed by atoms with Crippen molar-refractivity contribution in [3.05, 3.63) is 90.2 Å². The molecule has 0 bridgehead atoms. The Kier molecular flexibility index (Phi) is 7.04. The molecule has 7 nitrogen and oxygen atoms in total. The smallest absolute Gasteiger partial charge is 0.244 e. The third-order valence-electron chi connectivity index (χ3n) is 5.52. The van der Waals surface area contributed by atoms with Gasteiger partial charge in [-0.1, -0.05) is 48.5 Å². The minimum atomic E-state index is -4.31. The van der Waals surface area contributed by atoms with Crippen LogP contribution in [0.2, 0.25) is 0 Å². The van der Waals surface area contributed by atoms with Crippen LogP contribution in [0.4, 0.5) is 15.8 Å². The molecule has 1 aliphatic rings. The van der Waals surface area contributed by atoms with Crippen LogP contribution in [0.5, 0.6) is 0 Å². The maximum Gasteiger partial charge on any atom is 0.244 e. The lowest BCUT2D eigenvalue weighted by Gasteiger charge is -2.20. The van der Waals surface area contributed by atoms with E-state index in [-0.39, 0.29) is 12.3 Å². The Morgan fingerprint density at radius 3 is 2.44 bits per heavy atom. The summed E-state index contributed by atoms with van der Waals surface area (Å²) in [6.07, 6.45) is 1.31. The van der Waals surface area contributed by atoms with E-state index in [2.05, 4.69) is 10.0 Å². The fourth-order valence-corrected chi connectivity index (χ4v) is 5.13. The van der Waals surface area contributed by atoms with Crippen molar-refractivity contribution >= 4 is 33.2 Å². The lowest BCUT2D eigenvalue weighted by Crippen LogP contribution is -2.45. The van der Waals surface area contributed by atoms with Crippen molar-refractivity contribution in [1.82, 2.24) is 4.72 Å². The van der Waals surface area contributed by atoms with E-state index in [1.54, 1.807) is 53.4 Å². The molecule has 2 N–H and O–H groups in total. The summed E-state index contributed by atoms with van der Waals surface area (Å²) >= 11 is 0. The van der Waals surface area contributed by atoms with E-state index in [1.165, 1.54) is 12.1 Å². The van der Waals surface area contributed by atoms with Crippen molar-refractivity contribution in [2.24, 2.45) is 0 Å². The minimum absolute atomic E-state index is 0.0167. The Bertz CT molecular complexity index is 1300. The first-order chi connectivity index (χ1) is 16.3. The summed E-state index contributed by atoms with van der Waals surface area (Å²) in [7, 11) is -4.31. The average molecular weight is 482 g/mol. The van der Waals surface area contributed by atoms with Gasteiger partial charge in [0.1, 0.15) is 16.8 Å². The summed E-state index contributed by atoms with van der Waals surface area (Å²) in [5.41, 5.74) is 1.81. The highest BCUT2D eigenvalue weighted by atomic mass is 32.2. The zero-order chi connectivity index (χ0) is 24.1. The number of nitrogens with zero attached hydrogens (tertiary/aromatic N) is 1. The SMILES string of the molecule is O=C(Nc1cccc(N2CCCC2=O)c1)[C@H](Cc1ccccc1)NS(=O)(=O)c1ccccc1F. The van der Waals surface area contributed by atoms with E-state index >= 15 is 0 Å². The van der Waals surface area contributed by atoms with Gasteiger partial charge in [-0.2, -0.15) is 4.72 Å². The number of carbonyl (C=O) groups excluding carboxylic acids is 2. The van der Waals surface area contributed by atoms with E-state index in [1.807, 2.05) is 6.07 Å². The second-order valence-electron chi connectivity index (χ2n) is 7.98. The summed E-state index contributed by atoms with van der Waals surface area (Å²) in [4.78, 5) is 26.4. The molecule has 1 fully saturated rings. The first-order valence-corrected chi connectivity index (χ1v) is 12.3. The van der Waals surface area contributed by atoms with Gasteiger partial charge in [-0.05, 0) is 48.7 Å². The van der Waals surface area contributed by atoms with Crippen LogP contribution in [0.1, 0.15) is 18.4 Å². The molecule has 0 aromatic heterocycles. The van der Waals surface area contributed by atoms with Gasteiger partial charge in [-0.3, -0.25) is 9.59 Å². The molecule has 0 saturated carbocycles. The third-order valence-corrected chi connectivity index (χ3v) is 7.03. The van der Waals surface area contributed by atoms with Gasteiger partial charge in [-0.25, -0.2) is 12.8 Å². The zero-order valence-electron chi connectivity index (χ0n) is 18.3. The Labute approximate surface area is 197 Å². The number of hydrogen-bond donors (Lipinski definition) is 2. The number of benzene rings is 3. The normalized spacial score (nSPS) is 14.7. The van der Waals surface area contributed by atoms with Crippen LogP contribution in [-0.4, -0.2) is 32.8 Å².